The van der Waals surface area contributed by atoms with E-state index in [-0.39, 0.29) is 0 Å². The van der Waals surface area contributed by atoms with Gasteiger partial charge in [-0.05, 0) is 19.0 Å². The van der Waals surface area contributed by atoms with Gasteiger partial charge in [-0.25, -0.2) is 0 Å². The van der Waals surface area contributed by atoms with E-state index in [4.69, 9.17) is 0 Å². The van der Waals surface area contributed by atoms with Crippen molar-refractivity contribution in [1.82, 2.24) is 0 Å². The summed E-state index contributed by atoms with van der Waals surface area (Å²) >= 11 is 0. The minimum Gasteiger partial charge on any atom is -0.277 e. The minimum atomic E-state index is 1.03. The van der Waals surface area contributed by atoms with Crippen LogP contribution in [-0.2, 0) is 0 Å². The van der Waals surface area contributed by atoms with Crippen LogP contribution in [0.3, 0.4) is 0 Å². The van der Waals surface area contributed by atoms with Gasteiger partial charge in [-0.1, -0.05) is 31.4 Å². The van der Waals surface area contributed by atoms with Gasteiger partial charge in [-0.2, -0.15) is 0 Å². The lowest BCUT2D eigenvalue weighted by atomic mass is 9.73. The molecule has 1 nitrogen and oxygen atoms in total. The van der Waals surface area contributed by atoms with Gasteiger partial charge in [0.15, 0.2) is 15.1 Å². The molecule has 0 atom stereocenters. The second kappa shape index (κ2) is 6.96. The summed E-state index contributed by atoms with van der Waals surface area (Å²) in [6, 6.07) is 0. The molecule has 0 radical (unpaired) electrons. The molecular weight excluding hydrogens is 144 g/mol. The third kappa shape index (κ3) is 5.00. The van der Waals surface area contributed by atoms with Crippen molar-refractivity contribution in [3.8, 4) is 0 Å². The summed E-state index contributed by atoms with van der Waals surface area (Å²) in [7, 11) is 3.10. The number of allylic oxidation sites excluding steroid dienone is 3. The Morgan fingerprint density at radius 2 is 2.25 bits per heavy atom. The highest BCUT2D eigenvalue weighted by molar-refractivity contribution is 6.59. The first kappa shape index (κ1) is 11.3. The van der Waals surface area contributed by atoms with Gasteiger partial charge in [-0.15, -0.1) is 0 Å². The highest BCUT2D eigenvalue weighted by atomic mass is 14.7. The first-order chi connectivity index (χ1) is 5.74. The van der Waals surface area contributed by atoms with Gasteiger partial charge < -0.3 is 0 Å². The van der Waals surface area contributed by atoms with Crippen LogP contribution in [-0.4, -0.2) is 20.7 Å². The number of hydrogen-bond donors (Lipinski definition) is 0. The minimum absolute atomic E-state index is 1.03. The standard InChI is InChI=1S/C9H17B2N/c1-4-6-8(11-3)7-12-9(10)5-2/h4,6-7,11H,5,10H2,1-3H3/b6-4-,8-7+,12-9+. The Morgan fingerprint density at radius 3 is 2.67 bits per heavy atom. The molecule has 64 valence electrons. The van der Waals surface area contributed by atoms with Crippen LogP contribution in [0.15, 0.2) is 28.8 Å². The summed E-state index contributed by atoms with van der Waals surface area (Å²) in [5.74, 6) is 0. The zero-order chi connectivity index (χ0) is 9.40. The zero-order valence-electron chi connectivity index (χ0n) is 8.59. The molecule has 0 aliphatic heterocycles. The molecule has 0 bridgehead atoms. The average Bonchev–Trinajstić information content (AvgIpc) is 2.11. The summed E-state index contributed by atoms with van der Waals surface area (Å²) in [6.07, 6.45) is 7.14. The lowest BCUT2D eigenvalue weighted by molar-refractivity contribution is 1.30. The van der Waals surface area contributed by atoms with Crippen molar-refractivity contribution < 1.29 is 0 Å². The first-order valence-corrected chi connectivity index (χ1v) is 4.59. The van der Waals surface area contributed by atoms with E-state index in [1.165, 1.54) is 11.1 Å². The molecule has 0 aliphatic rings. The quantitative estimate of drug-likeness (QED) is 0.335. The van der Waals surface area contributed by atoms with Crippen molar-refractivity contribution in [2.24, 2.45) is 4.99 Å². The van der Waals surface area contributed by atoms with Gasteiger partial charge in [0, 0.05) is 6.20 Å². The van der Waals surface area contributed by atoms with Crippen LogP contribution < -0.4 is 0 Å². The van der Waals surface area contributed by atoms with E-state index in [1.807, 2.05) is 19.2 Å². The molecule has 0 fully saturated rings. The average molecular weight is 161 g/mol. The molecule has 0 rings (SSSR count). The predicted molar refractivity (Wildman–Crippen MR) is 62.2 cm³/mol. The maximum atomic E-state index is 4.34. The molecule has 0 spiro atoms. The molecule has 0 heterocycles. The second-order valence-corrected chi connectivity index (χ2v) is 2.78. The lowest BCUT2D eigenvalue weighted by Crippen LogP contribution is -1.93. The molecule has 0 amide bonds. The molecule has 0 saturated carbocycles. The highest BCUT2D eigenvalue weighted by Crippen LogP contribution is 1.95. The van der Waals surface area contributed by atoms with Crippen molar-refractivity contribution in [3.05, 3.63) is 23.8 Å². The van der Waals surface area contributed by atoms with E-state index in [0.717, 1.165) is 13.7 Å². The van der Waals surface area contributed by atoms with Crippen LogP contribution >= 0.6 is 0 Å². The first-order valence-electron chi connectivity index (χ1n) is 4.59. The van der Waals surface area contributed by atoms with Gasteiger partial charge in [0.1, 0.15) is 0 Å². The molecule has 3 heteroatoms. The van der Waals surface area contributed by atoms with Gasteiger partial charge >= 0.3 is 0 Å². The van der Waals surface area contributed by atoms with Gasteiger partial charge in [0.05, 0.1) is 0 Å². The fourth-order valence-corrected chi connectivity index (χ4v) is 0.751. The van der Waals surface area contributed by atoms with Crippen LogP contribution in [0.5, 0.6) is 0 Å². The Kier molecular flexibility index (Phi) is 6.54. The van der Waals surface area contributed by atoms with Crippen molar-refractivity contribution in [2.75, 3.05) is 0 Å². The molecule has 0 aromatic rings. The van der Waals surface area contributed by atoms with Crippen LogP contribution in [0.4, 0.5) is 0 Å². The smallest absolute Gasteiger partial charge is 0.158 e. The summed E-state index contributed by atoms with van der Waals surface area (Å²) < 4.78 is 0. The van der Waals surface area contributed by atoms with Gasteiger partial charge in [-0.3, -0.25) is 4.99 Å². The van der Waals surface area contributed by atoms with Crippen LogP contribution in [0.2, 0.25) is 6.82 Å². The van der Waals surface area contributed by atoms with Crippen LogP contribution in [0.1, 0.15) is 20.3 Å². The normalized spacial score (nSPS) is 13.9. The van der Waals surface area contributed by atoms with Crippen LogP contribution in [0.25, 0.3) is 0 Å². The summed E-state index contributed by atoms with van der Waals surface area (Å²) in [6.45, 7) is 6.29. The van der Waals surface area contributed by atoms with E-state index >= 15 is 0 Å². The molecule has 12 heavy (non-hydrogen) atoms. The molecule has 0 saturated heterocycles. The number of nitrogens with zero attached hydrogens (tertiary/aromatic N) is 1. The molecule has 0 aromatic carbocycles. The Hall–Kier alpha value is -0.720. The summed E-state index contributed by atoms with van der Waals surface area (Å²) in [5.41, 5.74) is 2.47. The molecule has 0 unspecified atom stereocenters. The molecule has 0 N–H and O–H groups in total. The monoisotopic (exact) mass is 161 g/mol. The third-order valence-electron chi connectivity index (χ3n) is 1.75. The van der Waals surface area contributed by atoms with E-state index in [0.29, 0.717) is 0 Å². The maximum absolute atomic E-state index is 4.34. The van der Waals surface area contributed by atoms with Crippen molar-refractivity contribution >= 4 is 20.7 Å². The highest BCUT2D eigenvalue weighted by Gasteiger charge is 1.87. The molecular formula is C9H17B2N. The van der Waals surface area contributed by atoms with Gasteiger partial charge in [0.2, 0.25) is 0 Å². The number of aliphatic imine (C=N–C) groups is 1. The van der Waals surface area contributed by atoms with E-state index in [9.17, 15) is 0 Å². The van der Waals surface area contributed by atoms with E-state index < -0.39 is 0 Å². The van der Waals surface area contributed by atoms with E-state index in [1.54, 1.807) is 0 Å². The fraction of sp³-hybridized carbons (Fsp3) is 0.444. The predicted octanol–water partition coefficient (Wildman–Crippen LogP) is 1.33. The molecule has 0 aliphatic carbocycles. The van der Waals surface area contributed by atoms with E-state index in [2.05, 4.69) is 32.7 Å². The van der Waals surface area contributed by atoms with Crippen molar-refractivity contribution in [1.29, 1.82) is 0 Å². The maximum Gasteiger partial charge on any atom is 0.158 e. The van der Waals surface area contributed by atoms with Crippen molar-refractivity contribution in [3.63, 3.8) is 0 Å². The Morgan fingerprint density at radius 1 is 1.58 bits per heavy atom. The zero-order valence-corrected chi connectivity index (χ0v) is 8.59. The Balaban J connectivity index is 4.29. The number of hydrogen-bond acceptors (Lipinski definition) is 1. The summed E-state index contributed by atoms with van der Waals surface area (Å²) in [5, 5.41) is 0. The Bertz CT molecular complexity index is 205. The topological polar surface area (TPSA) is 12.4 Å². The SMILES string of the molecule is B/C(CC)=N/C=C(BC)\C=C/C. The summed E-state index contributed by atoms with van der Waals surface area (Å²) in [4.78, 5) is 4.34. The third-order valence-corrected chi connectivity index (χ3v) is 1.75. The van der Waals surface area contributed by atoms with Crippen LogP contribution in [0, 0.1) is 0 Å². The Labute approximate surface area is 77.3 Å². The second-order valence-electron chi connectivity index (χ2n) is 2.78. The largest absolute Gasteiger partial charge is 0.277 e. The van der Waals surface area contributed by atoms with Crippen molar-refractivity contribution in [2.45, 2.75) is 27.1 Å². The lowest BCUT2D eigenvalue weighted by Gasteiger charge is -1.94. The molecule has 0 aromatic heterocycles. The van der Waals surface area contributed by atoms with Gasteiger partial charge in [0.25, 0.3) is 0 Å². The fourth-order valence-electron chi connectivity index (χ4n) is 0.751. The number of rotatable bonds is 4.